The van der Waals surface area contributed by atoms with Crippen molar-refractivity contribution in [2.75, 3.05) is 19.8 Å². The van der Waals surface area contributed by atoms with Gasteiger partial charge in [0.15, 0.2) is 0 Å². The number of benzene rings is 1. The van der Waals surface area contributed by atoms with Crippen LogP contribution in [-0.2, 0) is 4.74 Å². The maximum atomic E-state index is 11.7. The van der Waals surface area contributed by atoms with Crippen molar-refractivity contribution in [2.45, 2.75) is 6.18 Å². The second kappa shape index (κ2) is 6.61. The van der Waals surface area contributed by atoms with Crippen molar-refractivity contribution in [2.24, 2.45) is 0 Å². The van der Waals surface area contributed by atoms with Crippen molar-refractivity contribution < 1.29 is 22.7 Å². The quantitative estimate of drug-likeness (QED) is 0.843. The van der Waals surface area contributed by atoms with Crippen molar-refractivity contribution in [3.8, 4) is 0 Å². The number of alkyl halides is 3. The SMILES string of the molecule is O=C(NCCOCC(F)(F)F)c1ccccc1Cl. The highest BCUT2D eigenvalue weighted by molar-refractivity contribution is 6.33. The summed E-state index contributed by atoms with van der Waals surface area (Å²) in [5, 5.41) is 2.69. The van der Waals surface area contributed by atoms with Crippen LogP contribution in [0, 0.1) is 0 Å². The average Bonchev–Trinajstić information content (AvgIpc) is 2.27. The maximum absolute atomic E-state index is 11.7. The minimum atomic E-state index is -4.35. The summed E-state index contributed by atoms with van der Waals surface area (Å²) in [7, 11) is 0. The van der Waals surface area contributed by atoms with Crippen molar-refractivity contribution in [3.63, 3.8) is 0 Å². The summed E-state index contributed by atoms with van der Waals surface area (Å²) >= 11 is 5.78. The van der Waals surface area contributed by atoms with Gasteiger partial charge in [-0.3, -0.25) is 4.79 Å². The number of hydrogen-bond donors (Lipinski definition) is 1. The first kappa shape index (κ1) is 14.8. The smallest absolute Gasteiger partial charge is 0.370 e. The third-order valence-electron chi connectivity index (χ3n) is 1.92. The zero-order valence-corrected chi connectivity index (χ0v) is 10.0. The predicted octanol–water partition coefficient (Wildman–Crippen LogP) is 2.65. The van der Waals surface area contributed by atoms with Gasteiger partial charge in [-0.05, 0) is 12.1 Å². The van der Waals surface area contributed by atoms with Crippen molar-refractivity contribution in [1.29, 1.82) is 0 Å². The standard InChI is InChI=1S/C11H11ClF3NO2/c12-9-4-2-1-3-8(9)10(17)16-5-6-18-7-11(13,14)15/h1-4H,5-7H2,(H,16,17). The summed E-state index contributed by atoms with van der Waals surface area (Å²) in [6.45, 7) is -1.55. The van der Waals surface area contributed by atoms with Crippen LogP contribution in [0.5, 0.6) is 0 Å². The molecule has 1 amide bonds. The molecule has 0 aliphatic heterocycles. The summed E-state index contributed by atoms with van der Waals surface area (Å²) < 4.78 is 39.5. The van der Waals surface area contributed by atoms with Gasteiger partial charge >= 0.3 is 6.18 Å². The van der Waals surface area contributed by atoms with Gasteiger partial charge in [0.1, 0.15) is 6.61 Å². The van der Waals surface area contributed by atoms with Crippen LogP contribution in [0.15, 0.2) is 24.3 Å². The van der Waals surface area contributed by atoms with Gasteiger partial charge in [0.2, 0.25) is 0 Å². The van der Waals surface area contributed by atoms with Gasteiger partial charge in [-0.15, -0.1) is 0 Å². The van der Waals surface area contributed by atoms with Gasteiger partial charge in [-0.25, -0.2) is 0 Å². The summed E-state index contributed by atoms with van der Waals surface area (Å²) in [5.74, 6) is -0.448. The normalized spacial score (nSPS) is 11.3. The lowest BCUT2D eigenvalue weighted by Gasteiger charge is -2.09. The first-order chi connectivity index (χ1) is 8.40. The van der Waals surface area contributed by atoms with Gasteiger partial charge in [-0.1, -0.05) is 23.7 Å². The number of halogens is 4. The van der Waals surface area contributed by atoms with Gasteiger partial charge in [0.25, 0.3) is 5.91 Å². The van der Waals surface area contributed by atoms with E-state index in [4.69, 9.17) is 11.6 Å². The Labute approximate surface area is 107 Å². The molecule has 1 aromatic carbocycles. The molecule has 0 unspecified atom stereocenters. The Morgan fingerprint density at radius 1 is 1.33 bits per heavy atom. The van der Waals surface area contributed by atoms with Crippen LogP contribution in [0.25, 0.3) is 0 Å². The van der Waals surface area contributed by atoms with E-state index in [1.165, 1.54) is 6.07 Å². The Morgan fingerprint density at radius 2 is 2.00 bits per heavy atom. The first-order valence-electron chi connectivity index (χ1n) is 5.07. The molecule has 18 heavy (non-hydrogen) atoms. The minimum Gasteiger partial charge on any atom is -0.370 e. The number of carbonyl (C=O) groups excluding carboxylic acids is 1. The topological polar surface area (TPSA) is 38.3 Å². The van der Waals surface area contributed by atoms with Gasteiger partial charge in [0.05, 0.1) is 17.2 Å². The number of ether oxygens (including phenoxy) is 1. The molecule has 100 valence electrons. The zero-order valence-electron chi connectivity index (χ0n) is 9.26. The molecule has 3 nitrogen and oxygen atoms in total. The molecule has 0 spiro atoms. The number of rotatable bonds is 5. The molecular weight excluding hydrogens is 271 g/mol. The molecule has 1 rings (SSSR count). The molecule has 0 bridgehead atoms. The van der Waals surface area contributed by atoms with Crippen LogP contribution in [0.4, 0.5) is 13.2 Å². The molecular formula is C11H11ClF3NO2. The lowest BCUT2D eigenvalue weighted by Crippen LogP contribution is -2.29. The van der Waals surface area contributed by atoms with Crippen LogP contribution in [0.1, 0.15) is 10.4 Å². The molecule has 0 heterocycles. The molecule has 0 aliphatic rings. The lowest BCUT2D eigenvalue weighted by atomic mass is 10.2. The van der Waals surface area contributed by atoms with Gasteiger partial charge < -0.3 is 10.1 Å². The Bertz CT molecular complexity index is 410. The van der Waals surface area contributed by atoms with Crippen LogP contribution in [0.3, 0.4) is 0 Å². The van der Waals surface area contributed by atoms with Gasteiger partial charge in [-0.2, -0.15) is 13.2 Å². The lowest BCUT2D eigenvalue weighted by molar-refractivity contribution is -0.173. The third kappa shape index (κ3) is 5.37. The average molecular weight is 282 g/mol. The van der Waals surface area contributed by atoms with E-state index in [9.17, 15) is 18.0 Å². The summed E-state index contributed by atoms with van der Waals surface area (Å²) in [4.78, 5) is 11.6. The Hall–Kier alpha value is -1.27. The highest BCUT2D eigenvalue weighted by Gasteiger charge is 2.27. The van der Waals surface area contributed by atoms with E-state index in [2.05, 4.69) is 10.1 Å². The number of hydrogen-bond acceptors (Lipinski definition) is 2. The molecule has 1 aromatic rings. The van der Waals surface area contributed by atoms with Crippen molar-refractivity contribution in [1.82, 2.24) is 5.32 Å². The molecule has 0 aromatic heterocycles. The maximum Gasteiger partial charge on any atom is 0.411 e. The van der Waals surface area contributed by atoms with Crippen LogP contribution in [-0.4, -0.2) is 31.8 Å². The van der Waals surface area contributed by atoms with Crippen LogP contribution < -0.4 is 5.32 Å². The Morgan fingerprint density at radius 3 is 2.61 bits per heavy atom. The fourth-order valence-corrected chi connectivity index (χ4v) is 1.39. The molecule has 0 fully saturated rings. The predicted molar refractivity (Wildman–Crippen MR) is 60.7 cm³/mol. The van der Waals surface area contributed by atoms with Crippen LogP contribution >= 0.6 is 11.6 Å². The largest absolute Gasteiger partial charge is 0.411 e. The third-order valence-corrected chi connectivity index (χ3v) is 2.25. The summed E-state index contributed by atoms with van der Waals surface area (Å²) in [6.07, 6.45) is -4.35. The molecule has 0 saturated heterocycles. The van der Waals surface area contributed by atoms with E-state index in [-0.39, 0.29) is 23.7 Å². The number of nitrogens with one attached hydrogen (secondary N) is 1. The molecule has 0 aliphatic carbocycles. The van der Waals surface area contributed by atoms with E-state index < -0.39 is 18.7 Å². The molecule has 0 atom stereocenters. The molecule has 1 N–H and O–H groups in total. The summed E-state index contributed by atoms with van der Waals surface area (Å²) in [6, 6.07) is 6.39. The monoisotopic (exact) mass is 281 g/mol. The minimum absolute atomic E-state index is 0.0138. The molecule has 0 saturated carbocycles. The highest BCUT2D eigenvalue weighted by Crippen LogP contribution is 2.15. The van der Waals surface area contributed by atoms with E-state index in [0.29, 0.717) is 0 Å². The van der Waals surface area contributed by atoms with Gasteiger partial charge in [0, 0.05) is 6.54 Å². The van der Waals surface area contributed by atoms with E-state index >= 15 is 0 Å². The number of carbonyl (C=O) groups is 1. The molecule has 7 heteroatoms. The second-order valence-corrected chi connectivity index (χ2v) is 3.81. The fourth-order valence-electron chi connectivity index (χ4n) is 1.17. The van der Waals surface area contributed by atoms with E-state index in [1.54, 1.807) is 18.2 Å². The Balaban J connectivity index is 2.28. The number of amides is 1. The zero-order chi connectivity index (χ0) is 13.6. The summed E-state index contributed by atoms with van der Waals surface area (Å²) in [5.41, 5.74) is 0.273. The van der Waals surface area contributed by atoms with Crippen molar-refractivity contribution in [3.05, 3.63) is 34.9 Å². The first-order valence-corrected chi connectivity index (χ1v) is 5.45. The highest BCUT2D eigenvalue weighted by atomic mass is 35.5. The molecule has 0 radical (unpaired) electrons. The second-order valence-electron chi connectivity index (χ2n) is 3.40. The van der Waals surface area contributed by atoms with E-state index in [1.807, 2.05) is 0 Å². The van der Waals surface area contributed by atoms with Crippen molar-refractivity contribution >= 4 is 17.5 Å². The fraction of sp³-hybridized carbons (Fsp3) is 0.364. The van der Waals surface area contributed by atoms with Crippen LogP contribution in [0.2, 0.25) is 5.02 Å². The Kier molecular flexibility index (Phi) is 5.43. The van der Waals surface area contributed by atoms with E-state index in [0.717, 1.165) is 0 Å².